The van der Waals surface area contributed by atoms with Gasteiger partial charge >= 0.3 is 5.97 Å². The molecule has 198 valence electrons. The number of amides is 3. The highest BCUT2D eigenvalue weighted by atomic mass is 32.2. The summed E-state index contributed by atoms with van der Waals surface area (Å²) in [5.41, 5.74) is 11.2. The van der Waals surface area contributed by atoms with Crippen LogP contribution in [0.3, 0.4) is 0 Å². The Morgan fingerprint density at radius 2 is 2.05 bits per heavy atom. The second-order valence-corrected chi connectivity index (χ2v) is 10.7. The van der Waals surface area contributed by atoms with E-state index in [-0.39, 0.29) is 22.2 Å². The van der Waals surface area contributed by atoms with Crippen LogP contribution in [-0.2, 0) is 24.0 Å². The van der Waals surface area contributed by atoms with Gasteiger partial charge in [-0.05, 0) is 17.7 Å². The first-order chi connectivity index (χ1) is 17.4. The second-order valence-electron chi connectivity index (χ2n) is 8.74. The molecule has 0 aliphatic carbocycles. The number of nitrogens with two attached hydrogens (primary N) is 2. The van der Waals surface area contributed by atoms with Crippen LogP contribution >= 0.6 is 23.1 Å². The minimum atomic E-state index is -1.24. The van der Waals surface area contributed by atoms with Crippen LogP contribution < -0.4 is 16.8 Å². The first kappa shape index (κ1) is 27.9. The number of nitrogens with one attached hydrogen (secondary N) is 1. The minimum absolute atomic E-state index is 0.118. The molecule has 6 N–H and O–H groups in total. The SMILES string of the molecule is CO/N=C(\C(=O)NC1C(=O)N2C(C(=O)O)=C(/C=C/C[N+](C)(C)C/C=C/C(N)=O)CSC12)c1csc(N)n1. The molecule has 0 spiro atoms. The number of aliphatic carboxylic acids is 1. The molecule has 3 amide bonds. The van der Waals surface area contributed by atoms with Crippen molar-refractivity contribution in [3.63, 3.8) is 0 Å². The Hall–Kier alpha value is -3.69. The van der Waals surface area contributed by atoms with Gasteiger partial charge in [-0.3, -0.25) is 19.3 Å². The number of quaternary nitrogens is 1. The van der Waals surface area contributed by atoms with E-state index in [1.807, 2.05) is 20.2 Å². The monoisotopic (exact) mass is 550 g/mol. The van der Waals surface area contributed by atoms with E-state index in [2.05, 4.69) is 15.5 Å². The number of fused-ring (bicyclic) bond motifs is 1. The van der Waals surface area contributed by atoms with Gasteiger partial charge in [0.25, 0.3) is 11.8 Å². The summed E-state index contributed by atoms with van der Waals surface area (Å²) in [5, 5.41) is 17.4. The number of anilines is 1. The van der Waals surface area contributed by atoms with Gasteiger partial charge in [-0.15, -0.1) is 23.1 Å². The number of aromatic nitrogens is 1. The third kappa shape index (κ3) is 6.55. The number of carboxylic acids is 1. The normalized spacial score (nSPS) is 20.2. The number of primary amides is 1. The average Bonchev–Trinajstić information content (AvgIpc) is 3.25. The predicted octanol–water partition coefficient (Wildman–Crippen LogP) is -0.511. The molecule has 13 nitrogen and oxygen atoms in total. The number of nitrogens with zero attached hydrogens (tertiary/aromatic N) is 4. The Bertz CT molecular complexity index is 1220. The van der Waals surface area contributed by atoms with Crippen molar-refractivity contribution in [2.45, 2.75) is 11.4 Å². The maximum absolute atomic E-state index is 12.9. The minimum Gasteiger partial charge on any atom is -0.477 e. The van der Waals surface area contributed by atoms with Gasteiger partial charge in [0.2, 0.25) is 5.91 Å². The molecule has 2 atom stereocenters. The Morgan fingerprint density at radius 3 is 2.65 bits per heavy atom. The number of carboxylic acid groups (broad SMARTS) is 1. The van der Waals surface area contributed by atoms with Crippen molar-refractivity contribution >= 4 is 57.6 Å². The Balaban J connectivity index is 1.72. The summed E-state index contributed by atoms with van der Waals surface area (Å²) < 4.78 is 0.498. The second kappa shape index (κ2) is 11.6. The summed E-state index contributed by atoms with van der Waals surface area (Å²) in [4.78, 5) is 58.7. The third-order valence-electron chi connectivity index (χ3n) is 5.45. The number of likely N-dealkylation sites (N-methyl/N-ethyl adjacent to an activating group) is 1. The van der Waals surface area contributed by atoms with Crippen molar-refractivity contribution in [3.05, 3.63) is 46.6 Å². The molecule has 1 fully saturated rings. The fraction of sp³-hybridized carbons (Fsp3) is 0.364. The van der Waals surface area contributed by atoms with E-state index in [0.717, 1.165) is 11.3 Å². The molecule has 2 aliphatic heterocycles. The molecule has 3 rings (SSSR count). The summed E-state index contributed by atoms with van der Waals surface area (Å²) in [6, 6.07) is -0.942. The smallest absolute Gasteiger partial charge is 0.352 e. The predicted molar refractivity (Wildman–Crippen MR) is 139 cm³/mol. The number of oxime groups is 1. The molecule has 2 unspecified atom stereocenters. The van der Waals surface area contributed by atoms with E-state index in [4.69, 9.17) is 16.3 Å². The lowest BCUT2D eigenvalue weighted by Crippen LogP contribution is -2.71. The first-order valence-corrected chi connectivity index (χ1v) is 12.9. The Morgan fingerprint density at radius 1 is 1.35 bits per heavy atom. The molecule has 0 bridgehead atoms. The van der Waals surface area contributed by atoms with Gasteiger partial charge < -0.3 is 31.2 Å². The largest absolute Gasteiger partial charge is 0.477 e. The van der Waals surface area contributed by atoms with Gasteiger partial charge in [0.15, 0.2) is 10.8 Å². The van der Waals surface area contributed by atoms with Crippen LogP contribution in [0.2, 0.25) is 0 Å². The lowest BCUT2D eigenvalue weighted by Gasteiger charge is -2.49. The lowest BCUT2D eigenvalue weighted by molar-refractivity contribution is -0.878. The molecule has 2 aliphatic rings. The zero-order chi connectivity index (χ0) is 27.3. The van der Waals surface area contributed by atoms with Crippen molar-refractivity contribution in [3.8, 4) is 0 Å². The molecule has 0 aromatic carbocycles. The molecule has 15 heteroatoms. The molecule has 37 heavy (non-hydrogen) atoms. The summed E-state index contributed by atoms with van der Waals surface area (Å²) in [7, 11) is 5.16. The number of hydrogen-bond acceptors (Lipinski definition) is 10. The third-order valence-corrected chi connectivity index (χ3v) is 7.43. The number of carbonyl (C=O) groups is 4. The zero-order valence-corrected chi connectivity index (χ0v) is 22.0. The number of carbonyl (C=O) groups excluding carboxylic acids is 3. The van der Waals surface area contributed by atoms with Gasteiger partial charge in [0.1, 0.15) is 29.9 Å². The highest BCUT2D eigenvalue weighted by Crippen LogP contribution is 2.40. The van der Waals surface area contributed by atoms with E-state index >= 15 is 0 Å². The molecule has 1 aromatic rings. The molecular weight excluding hydrogens is 522 g/mol. The quantitative estimate of drug-likeness (QED) is 0.0924. The van der Waals surface area contributed by atoms with Crippen molar-refractivity contribution in [2.24, 2.45) is 10.9 Å². The number of β-lactam (4-membered cyclic amide) rings is 1. The molecule has 0 saturated carbocycles. The number of thiazole rings is 1. The summed E-state index contributed by atoms with van der Waals surface area (Å²) in [6.07, 6.45) is 6.50. The molecule has 3 heterocycles. The van der Waals surface area contributed by atoms with Gasteiger partial charge in [-0.1, -0.05) is 11.2 Å². The summed E-state index contributed by atoms with van der Waals surface area (Å²) in [6.45, 7) is 1.09. The van der Waals surface area contributed by atoms with E-state index in [1.54, 1.807) is 12.2 Å². The van der Waals surface area contributed by atoms with Crippen LogP contribution in [0.15, 0.2) is 46.1 Å². The molecule has 1 aromatic heterocycles. The fourth-order valence-electron chi connectivity index (χ4n) is 3.68. The number of rotatable bonds is 11. The topological polar surface area (TPSA) is 190 Å². The molecule has 1 saturated heterocycles. The number of allylic oxidation sites excluding steroid dienone is 1. The highest BCUT2D eigenvalue weighted by molar-refractivity contribution is 8.00. The van der Waals surface area contributed by atoms with Gasteiger partial charge in [0, 0.05) is 17.2 Å². The Labute approximate surface area is 221 Å². The van der Waals surface area contributed by atoms with Crippen molar-refractivity contribution in [1.82, 2.24) is 15.2 Å². The standard InChI is InChI=1S/C22H27N7O6S2/c1-29(2,9-5-7-14(23)30)8-4-6-12-10-36-20-16(19(32)28(20)17(12)21(33)34)26-18(31)15(27-35-3)13-11-37-22(24)25-13/h4-7,11,16,20H,8-10H2,1-3H3,(H5-,23,24,25,26,30,31,33,34)/p+1/b6-4+,7-5+,27-15-. The van der Waals surface area contributed by atoms with Gasteiger partial charge in [-0.25, -0.2) is 9.78 Å². The van der Waals surface area contributed by atoms with Gasteiger partial charge in [0.05, 0.1) is 27.2 Å². The lowest BCUT2D eigenvalue weighted by atomic mass is 10.0. The van der Waals surface area contributed by atoms with Gasteiger partial charge in [-0.2, -0.15) is 0 Å². The maximum Gasteiger partial charge on any atom is 0.352 e. The van der Waals surface area contributed by atoms with E-state index in [1.165, 1.54) is 35.2 Å². The molecular formula is C22H28N7O6S2+. The van der Waals surface area contributed by atoms with Crippen LogP contribution in [0, 0.1) is 0 Å². The number of thioether (sulfide) groups is 1. The summed E-state index contributed by atoms with van der Waals surface area (Å²) in [5.74, 6) is -2.67. The number of nitrogen functional groups attached to an aromatic ring is 1. The molecule has 0 radical (unpaired) electrons. The van der Waals surface area contributed by atoms with Crippen molar-refractivity contribution in [1.29, 1.82) is 0 Å². The highest BCUT2D eigenvalue weighted by Gasteiger charge is 2.54. The van der Waals surface area contributed by atoms with Crippen molar-refractivity contribution in [2.75, 3.05) is 45.8 Å². The van der Waals surface area contributed by atoms with Crippen LogP contribution in [0.5, 0.6) is 0 Å². The number of hydrogen-bond donors (Lipinski definition) is 4. The van der Waals surface area contributed by atoms with Crippen LogP contribution in [0.4, 0.5) is 5.13 Å². The average molecular weight is 551 g/mol. The fourth-order valence-corrected chi connectivity index (χ4v) is 5.55. The van der Waals surface area contributed by atoms with Crippen LogP contribution in [0.25, 0.3) is 0 Å². The van der Waals surface area contributed by atoms with E-state index in [9.17, 15) is 24.3 Å². The maximum atomic E-state index is 12.9. The summed E-state index contributed by atoms with van der Waals surface area (Å²) >= 11 is 2.46. The first-order valence-electron chi connectivity index (χ1n) is 10.9. The van der Waals surface area contributed by atoms with Crippen LogP contribution in [0.1, 0.15) is 5.69 Å². The van der Waals surface area contributed by atoms with Crippen molar-refractivity contribution < 1.29 is 33.6 Å². The van der Waals surface area contributed by atoms with E-state index < -0.39 is 35.1 Å². The van der Waals surface area contributed by atoms with Crippen LogP contribution in [-0.4, -0.2) is 100 Å². The Kier molecular flexibility index (Phi) is 8.73. The van der Waals surface area contributed by atoms with E-state index in [0.29, 0.717) is 28.9 Å². The zero-order valence-electron chi connectivity index (χ0n) is 20.4.